The number of aliphatic hydroxyl groups is 1. The Labute approximate surface area is 87.4 Å². The molecule has 3 N–H and O–H groups in total. The maximum atomic E-state index is 9.87. The van der Waals surface area contributed by atoms with Gasteiger partial charge in [0.1, 0.15) is 5.75 Å². The van der Waals surface area contributed by atoms with Gasteiger partial charge >= 0.3 is 0 Å². The van der Waals surface area contributed by atoms with E-state index in [1.54, 1.807) is 18.2 Å². The van der Waals surface area contributed by atoms with Crippen molar-refractivity contribution < 1.29 is 9.84 Å². The van der Waals surface area contributed by atoms with Crippen molar-refractivity contribution in [3.63, 3.8) is 0 Å². The first kappa shape index (κ1) is 9.77. The first-order valence-corrected chi connectivity index (χ1v) is 4.92. The van der Waals surface area contributed by atoms with Gasteiger partial charge in [-0.05, 0) is 24.6 Å². The molecule has 3 nitrogen and oxygen atoms in total. The predicted molar refractivity (Wildman–Crippen MR) is 54.5 cm³/mol. The fourth-order valence-corrected chi connectivity index (χ4v) is 1.76. The number of halogens is 1. The van der Waals surface area contributed by atoms with Gasteiger partial charge in [-0.3, -0.25) is 0 Å². The molecule has 0 spiro atoms. The molecule has 0 unspecified atom stereocenters. The van der Waals surface area contributed by atoms with Crippen LogP contribution in [0.4, 0.5) is 0 Å². The van der Waals surface area contributed by atoms with E-state index in [4.69, 9.17) is 22.1 Å². The molecule has 0 aromatic heterocycles. The Morgan fingerprint density at radius 2 is 2.29 bits per heavy atom. The maximum absolute atomic E-state index is 9.87. The number of nitrogens with two attached hydrogens (primary N) is 1. The first-order valence-electron chi connectivity index (χ1n) is 4.54. The number of hydrogen-bond acceptors (Lipinski definition) is 3. The molecule has 0 fully saturated rings. The Kier molecular flexibility index (Phi) is 2.63. The van der Waals surface area contributed by atoms with E-state index >= 15 is 0 Å². The molecule has 0 amide bonds. The van der Waals surface area contributed by atoms with Crippen molar-refractivity contribution in [3.8, 4) is 5.75 Å². The van der Waals surface area contributed by atoms with Gasteiger partial charge in [-0.15, -0.1) is 0 Å². The van der Waals surface area contributed by atoms with Gasteiger partial charge in [0.15, 0.2) is 0 Å². The topological polar surface area (TPSA) is 55.5 Å². The SMILES string of the molecule is N[C@H]1CCOc2ccc(Cl)cc2[C@@H]1O. The minimum Gasteiger partial charge on any atom is -0.493 e. The fourth-order valence-electron chi connectivity index (χ4n) is 1.58. The molecule has 2 atom stereocenters. The predicted octanol–water partition coefficient (Wildman–Crippen LogP) is 1.48. The molecule has 1 aliphatic rings. The first-order chi connectivity index (χ1) is 6.68. The quantitative estimate of drug-likeness (QED) is 0.687. The Hall–Kier alpha value is -0.770. The molecule has 0 aliphatic carbocycles. The lowest BCUT2D eigenvalue weighted by Crippen LogP contribution is -2.28. The van der Waals surface area contributed by atoms with Gasteiger partial charge in [-0.25, -0.2) is 0 Å². The molecule has 0 bridgehead atoms. The Morgan fingerprint density at radius 1 is 1.50 bits per heavy atom. The van der Waals surface area contributed by atoms with Crippen LogP contribution in [0.25, 0.3) is 0 Å². The van der Waals surface area contributed by atoms with E-state index in [2.05, 4.69) is 0 Å². The van der Waals surface area contributed by atoms with E-state index in [-0.39, 0.29) is 6.04 Å². The molecule has 0 saturated heterocycles. The van der Waals surface area contributed by atoms with Crippen molar-refractivity contribution in [2.24, 2.45) is 5.73 Å². The van der Waals surface area contributed by atoms with Crippen molar-refractivity contribution in [3.05, 3.63) is 28.8 Å². The van der Waals surface area contributed by atoms with E-state index in [9.17, 15) is 5.11 Å². The average molecular weight is 214 g/mol. The Bertz CT molecular complexity index is 343. The van der Waals surface area contributed by atoms with Crippen LogP contribution in [-0.4, -0.2) is 17.8 Å². The monoisotopic (exact) mass is 213 g/mol. The summed E-state index contributed by atoms with van der Waals surface area (Å²) >= 11 is 5.84. The maximum Gasteiger partial charge on any atom is 0.125 e. The minimum atomic E-state index is -0.689. The number of fused-ring (bicyclic) bond motifs is 1. The van der Waals surface area contributed by atoms with Crippen molar-refractivity contribution in [1.82, 2.24) is 0 Å². The van der Waals surface area contributed by atoms with Crippen LogP contribution < -0.4 is 10.5 Å². The zero-order chi connectivity index (χ0) is 10.1. The number of benzene rings is 1. The summed E-state index contributed by atoms with van der Waals surface area (Å²) in [6, 6.07) is 4.92. The third kappa shape index (κ3) is 1.71. The third-order valence-electron chi connectivity index (χ3n) is 2.40. The zero-order valence-electron chi connectivity index (χ0n) is 7.61. The molecule has 1 heterocycles. The fraction of sp³-hybridized carbons (Fsp3) is 0.400. The molecule has 1 aromatic rings. The van der Waals surface area contributed by atoms with E-state index in [0.29, 0.717) is 29.4 Å². The van der Waals surface area contributed by atoms with Gasteiger partial charge in [0.2, 0.25) is 0 Å². The summed E-state index contributed by atoms with van der Waals surface area (Å²) in [6.45, 7) is 0.535. The molecular formula is C10H12ClNO2. The number of aliphatic hydroxyl groups excluding tert-OH is 1. The van der Waals surface area contributed by atoms with Crippen LogP contribution in [0.3, 0.4) is 0 Å². The highest BCUT2D eigenvalue weighted by atomic mass is 35.5. The molecule has 1 aromatic carbocycles. The molecule has 0 radical (unpaired) electrons. The highest BCUT2D eigenvalue weighted by molar-refractivity contribution is 6.30. The third-order valence-corrected chi connectivity index (χ3v) is 2.64. The molecule has 1 aliphatic heterocycles. The second-order valence-corrected chi connectivity index (χ2v) is 3.86. The second-order valence-electron chi connectivity index (χ2n) is 3.43. The lowest BCUT2D eigenvalue weighted by Gasteiger charge is -2.15. The summed E-state index contributed by atoms with van der Waals surface area (Å²) in [6.07, 6.45) is -0.0424. The van der Waals surface area contributed by atoms with Crippen molar-refractivity contribution in [2.45, 2.75) is 18.6 Å². The second kappa shape index (κ2) is 3.77. The minimum absolute atomic E-state index is 0.283. The van der Waals surface area contributed by atoms with E-state index in [1.165, 1.54) is 0 Å². The van der Waals surface area contributed by atoms with Crippen molar-refractivity contribution >= 4 is 11.6 Å². The van der Waals surface area contributed by atoms with Gasteiger partial charge in [0.25, 0.3) is 0 Å². The van der Waals surface area contributed by atoms with Crippen molar-refractivity contribution in [2.75, 3.05) is 6.61 Å². The highest BCUT2D eigenvalue weighted by Gasteiger charge is 2.24. The summed E-state index contributed by atoms with van der Waals surface area (Å²) < 4.78 is 5.45. The standard InChI is InChI=1S/C10H12ClNO2/c11-6-1-2-9-7(5-6)10(13)8(12)3-4-14-9/h1-2,5,8,10,13H,3-4,12H2/t8-,10-/m0/s1. The van der Waals surface area contributed by atoms with Crippen LogP contribution in [0.2, 0.25) is 5.02 Å². The van der Waals surface area contributed by atoms with Crippen LogP contribution in [-0.2, 0) is 0 Å². The number of hydrogen-bond donors (Lipinski definition) is 2. The summed E-state index contributed by atoms with van der Waals surface area (Å²) in [5, 5.41) is 10.5. The average Bonchev–Trinajstić information content (AvgIpc) is 2.30. The molecule has 14 heavy (non-hydrogen) atoms. The van der Waals surface area contributed by atoms with Gasteiger partial charge in [0.05, 0.1) is 12.7 Å². The Balaban J connectivity index is 2.44. The summed E-state index contributed by atoms with van der Waals surface area (Å²) in [7, 11) is 0. The largest absolute Gasteiger partial charge is 0.493 e. The molecule has 4 heteroatoms. The van der Waals surface area contributed by atoms with Gasteiger partial charge < -0.3 is 15.6 Å². The van der Waals surface area contributed by atoms with Gasteiger partial charge in [-0.1, -0.05) is 11.6 Å². The molecular weight excluding hydrogens is 202 g/mol. The smallest absolute Gasteiger partial charge is 0.125 e. The Morgan fingerprint density at radius 3 is 3.07 bits per heavy atom. The lowest BCUT2D eigenvalue weighted by molar-refractivity contribution is 0.145. The van der Waals surface area contributed by atoms with Crippen LogP contribution in [0.15, 0.2) is 18.2 Å². The molecule has 0 saturated carbocycles. The highest BCUT2D eigenvalue weighted by Crippen LogP contribution is 2.32. The summed E-state index contributed by atoms with van der Waals surface area (Å²) in [5.74, 6) is 0.676. The normalized spacial score (nSPS) is 26.2. The summed E-state index contributed by atoms with van der Waals surface area (Å²) in [4.78, 5) is 0. The van der Waals surface area contributed by atoms with E-state index in [1.807, 2.05) is 0 Å². The van der Waals surface area contributed by atoms with Crippen LogP contribution >= 0.6 is 11.6 Å². The van der Waals surface area contributed by atoms with Crippen LogP contribution in [0, 0.1) is 0 Å². The number of rotatable bonds is 0. The van der Waals surface area contributed by atoms with E-state index < -0.39 is 6.10 Å². The zero-order valence-corrected chi connectivity index (χ0v) is 8.37. The van der Waals surface area contributed by atoms with Gasteiger partial charge in [-0.2, -0.15) is 0 Å². The van der Waals surface area contributed by atoms with Crippen LogP contribution in [0.1, 0.15) is 18.1 Å². The van der Waals surface area contributed by atoms with Crippen molar-refractivity contribution in [1.29, 1.82) is 0 Å². The van der Waals surface area contributed by atoms with Crippen LogP contribution in [0.5, 0.6) is 5.75 Å². The van der Waals surface area contributed by atoms with E-state index in [0.717, 1.165) is 0 Å². The lowest BCUT2D eigenvalue weighted by atomic mass is 10.0. The molecule has 76 valence electrons. The summed E-state index contributed by atoms with van der Waals surface area (Å²) in [5.41, 5.74) is 6.45. The van der Waals surface area contributed by atoms with Gasteiger partial charge in [0, 0.05) is 16.6 Å². The number of ether oxygens (including phenoxy) is 1. The molecule has 2 rings (SSSR count).